The molecular weight excluding hydrogens is 170 g/mol. The molecule has 0 amide bonds. The first-order valence-corrected chi connectivity index (χ1v) is 5.66. The number of nitrogens with zero attached hydrogens (tertiary/aromatic N) is 1. The summed E-state index contributed by atoms with van der Waals surface area (Å²) < 4.78 is 0. The summed E-state index contributed by atoms with van der Waals surface area (Å²) in [6.45, 7) is 13.0. The Balaban J connectivity index is 0.00000169. The molecular formula is C13H29N. The van der Waals surface area contributed by atoms with Crippen LogP contribution in [0.25, 0.3) is 0 Å². The Morgan fingerprint density at radius 2 is 1.86 bits per heavy atom. The summed E-state index contributed by atoms with van der Waals surface area (Å²) in [7, 11) is 0. The van der Waals surface area contributed by atoms with Gasteiger partial charge in [-0.15, -0.1) is 0 Å². The highest BCUT2D eigenvalue weighted by Gasteiger charge is 2.29. The van der Waals surface area contributed by atoms with E-state index in [1.807, 2.05) is 0 Å². The zero-order valence-corrected chi connectivity index (χ0v) is 9.93. The fourth-order valence-corrected chi connectivity index (χ4v) is 2.46. The Morgan fingerprint density at radius 1 is 1.29 bits per heavy atom. The van der Waals surface area contributed by atoms with Crippen molar-refractivity contribution >= 4 is 0 Å². The molecule has 1 rings (SSSR count). The van der Waals surface area contributed by atoms with Gasteiger partial charge in [-0.2, -0.15) is 0 Å². The lowest BCUT2D eigenvalue weighted by Gasteiger charge is -2.32. The van der Waals surface area contributed by atoms with Crippen LogP contribution in [0.5, 0.6) is 0 Å². The number of likely N-dealkylation sites (tertiary alicyclic amines) is 1. The van der Waals surface area contributed by atoms with E-state index in [9.17, 15) is 0 Å². The minimum absolute atomic E-state index is 0. The fourth-order valence-electron chi connectivity index (χ4n) is 2.46. The summed E-state index contributed by atoms with van der Waals surface area (Å²) >= 11 is 0. The number of hydrogen-bond acceptors (Lipinski definition) is 1. The largest absolute Gasteiger partial charge is 0.298 e. The van der Waals surface area contributed by atoms with E-state index in [4.69, 9.17) is 0 Å². The van der Waals surface area contributed by atoms with Crippen molar-refractivity contribution in [2.45, 2.75) is 73.4 Å². The molecule has 14 heavy (non-hydrogen) atoms. The predicted molar refractivity (Wildman–Crippen MR) is 65.7 cm³/mol. The Morgan fingerprint density at radius 3 is 2.29 bits per heavy atom. The van der Waals surface area contributed by atoms with Crippen molar-refractivity contribution in [2.75, 3.05) is 6.54 Å². The topological polar surface area (TPSA) is 3.24 Å². The minimum Gasteiger partial charge on any atom is -0.298 e. The van der Waals surface area contributed by atoms with Gasteiger partial charge < -0.3 is 0 Å². The van der Waals surface area contributed by atoms with Gasteiger partial charge in [0.05, 0.1) is 0 Å². The third kappa shape index (κ3) is 4.00. The van der Waals surface area contributed by atoms with Crippen LogP contribution >= 0.6 is 0 Å². The lowest BCUT2D eigenvalue weighted by atomic mass is 9.87. The molecule has 0 aliphatic carbocycles. The Bertz CT molecular complexity index is 155. The summed E-state index contributed by atoms with van der Waals surface area (Å²) in [4.78, 5) is 2.67. The van der Waals surface area contributed by atoms with Crippen LogP contribution in [0.1, 0.15) is 61.3 Å². The minimum atomic E-state index is 0. The number of hydrogen-bond donors (Lipinski definition) is 0. The molecule has 1 aliphatic heterocycles. The zero-order valence-electron chi connectivity index (χ0n) is 9.93. The Labute approximate surface area is 90.9 Å². The third-order valence-electron chi connectivity index (χ3n) is 2.93. The molecule has 0 N–H and O–H groups in total. The van der Waals surface area contributed by atoms with Gasteiger partial charge in [0, 0.05) is 12.1 Å². The highest BCUT2D eigenvalue weighted by atomic mass is 15.2. The molecule has 1 heteroatoms. The van der Waals surface area contributed by atoms with Crippen molar-refractivity contribution in [1.29, 1.82) is 0 Å². The quantitative estimate of drug-likeness (QED) is 0.651. The second-order valence-electron chi connectivity index (χ2n) is 5.89. The first-order chi connectivity index (χ1) is 5.90. The fraction of sp³-hybridized carbons (Fsp3) is 1.00. The van der Waals surface area contributed by atoms with Gasteiger partial charge in [-0.1, -0.05) is 28.2 Å². The van der Waals surface area contributed by atoms with Crippen LogP contribution in [-0.2, 0) is 0 Å². The highest BCUT2D eigenvalue weighted by Crippen LogP contribution is 2.30. The van der Waals surface area contributed by atoms with Crippen LogP contribution < -0.4 is 0 Å². The standard InChI is InChI=1S/C12H25N.CH4/c1-10(2)13-8-6-7-11(13)9-12(3,4)5;/h10-11H,6-9H2,1-5H3;1H4/t11-;/m0./s1. The molecule has 0 aromatic heterocycles. The maximum absolute atomic E-state index is 2.67. The molecule has 1 heterocycles. The molecule has 1 nitrogen and oxygen atoms in total. The Hall–Kier alpha value is -0.0400. The van der Waals surface area contributed by atoms with Crippen molar-refractivity contribution < 1.29 is 0 Å². The SMILES string of the molecule is C.CC(C)N1CCC[C@H]1CC(C)(C)C. The summed E-state index contributed by atoms with van der Waals surface area (Å²) in [6, 6.07) is 1.58. The van der Waals surface area contributed by atoms with Crippen LogP contribution in [-0.4, -0.2) is 23.5 Å². The molecule has 0 saturated carbocycles. The summed E-state index contributed by atoms with van der Waals surface area (Å²) in [6.07, 6.45) is 4.17. The third-order valence-corrected chi connectivity index (χ3v) is 2.93. The predicted octanol–water partition coefficient (Wildman–Crippen LogP) is 3.93. The molecule has 0 spiro atoms. The van der Waals surface area contributed by atoms with E-state index in [1.54, 1.807) is 0 Å². The smallest absolute Gasteiger partial charge is 0.0103 e. The monoisotopic (exact) mass is 199 g/mol. The maximum Gasteiger partial charge on any atom is 0.0103 e. The number of rotatable bonds is 2. The van der Waals surface area contributed by atoms with E-state index in [0.717, 1.165) is 12.1 Å². The van der Waals surface area contributed by atoms with Crippen LogP contribution in [0.2, 0.25) is 0 Å². The van der Waals surface area contributed by atoms with Crippen LogP contribution in [0.15, 0.2) is 0 Å². The zero-order chi connectivity index (χ0) is 10.1. The van der Waals surface area contributed by atoms with Crippen LogP contribution in [0.4, 0.5) is 0 Å². The van der Waals surface area contributed by atoms with E-state index >= 15 is 0 Å². The van der Waals surface area contributed by atoms with Crippen LogP contribution in [0.3, 0.4) is 0 Å². The molecule has 86 valence electrons. The van der Waals surface area contributed by atoms with Crippen LogP contribution in [0, 0.1) is 5.41 Å². The van der Waals surface area contributed by atoms with Gasteiger partial charge in [0.2, 0.25) is 0 Å². The van der Waals surface area contributed by atoms with Crippen molar-refractivity contribution in [1.82, 2.24) is 4.90 Å². The summed E-state index contributed by atoms with van der Waals surface area (Å²) in [5, 5.41) is 0. The normalized spacial score (nSPS) is 24.0. The van der Waals surface area contributed by atoms with Gasteiger partial charge >= 0.3 is 0 Å². The van der Waals surface area contributed by atoms with E-state index in [-0.39, 0.29) is 7.43 Å². The summed E-state index contributed by atoms with van der Waals surface area (Å²) in [5.74, 6) is 0. The van der Waals surface area contributed by atoms with Gasteiger partial charge in [-0.05, 0) is 45.1 Å². The lowest BCUT2D eigenvalue weighted by Crippen LogP contribution is -2.37. The van der Waals surface area contributed by atoms with E-state index in [1.165, 1.54) is 25.8 Å². The molecule has 1 atom stereocenters. The van der Waals surface area contributed by atoms with E-state index in [2.05, 4.69) is 39.5 Å². The average molecular weight is 199 g/mol. The average Bonchev–Trinajstić information content (AvgIpc) is 2.31. The van der Waals surface area contributed by atoms with Gasteiger partial charge in [-0.25, -0.2) is 0 Å². The van der Waals surface area contributed by atoms with Crippen molar-refractivity contribution in [2.24, 2.45) is 5.41 Å². The van der Waals surface area contributed by atoms with Crippen molar-refractivity contribution in [3.8, 4) is 0 Å². The second kappa shape index (κ2) is 5.16. The lowest BCUT2D eigenvalue weighted by molar-refractivity contribution is 0.158. The molecule has 0 aromatic rings. The first kappa shape index (κ1) is 14.0. The summed E-state index contributed by atoms with van der Waals surface area (Å²) in [5.41, 5.74) is 0.488. The highest BCUT2D eigenvalue weighted by molar-refractivity contribution is 4.84. The van der Waals surface area contributed by atoms with Gasteiger partial charge in [0.1, 0.15) is 0 Å². The van der Waals surface area contributed by atoms with Crippen molar-refractivity contribution in [3.05, 3.63) is 0 Å². The molecule has 0 bridgehead atoms. The van der Waals surface area contributed by atoms with E-state index < -0.39 is 0 Å². The molecule has 1 saturated heterocycles. The molecule has 1 aliphatic rings. The van der Waals surface area contributed by atoms with Gasteiger partial charge in [-0.3, -0.25) is 4.90 Å². The Kier molecular flexibility index (Phi) is 5.14. The molecule has 0 radical (unpaired) electrons. The van der Waals surface area contributed by atoms with Gasteiger partial charge in [0.25, 0.3) is 0 Å². The maximum atomic E-state index is 2.67. The second-order valence-corrected chi connectivity index (χ2v) is 5.89. The molecule has 0 unspecified atom stereocenters. The first-order valence-electron chi connectivity index (χ1n) is 5.66. The van der Waals surface area contributed by atoms with E-state index in [0.29, 0.717) is 5.41 Å². The van der Waals surface area contributed by atoms with Gasteiger partial charge in [0.15, 0.2) is 0 Å². The van der Waals surface area contributed by atoms with Crippen molar-refractivity contribution in [3.63, 3.8) is 0 Å². The molecule has 0 aromatic carbocycles. The molecule has 1 fully saturated rings.